The molecule has 0 spiro atoms. The summed E-state index contributed by atoms with van der Waals surface area (Å²) in [5.41, 5.74) is 5.83. The summed E-state index contributed by atoms with van der Waals surface area (Å²) in [5.74, 6) is 0.659. The van der Waals surface area contributed by atoms with Crippen molar-refractivity contribution in [2.75, 3.05) is 20.3 Å². The molecule has 1 aromatic rings. The number of hydrogen-bond donors (Lipinski definition) is 1. The van der Waals surface area contributed by atoms with Crippen molar-refractivity contribution in [3.8, 4) is 0 Å². The Hall–Kier alpha value is -1.40. The maximum Gasteiger partial charge on any atom is 0.229 e. The van der Waals surface area contributed by atoms with Gasteiger partial charge in [-0.25, -0.2) is 4.98 Å². The van der Waals surface area contributed by atoms with Crippen LogP contribution in [0.1, 0.15) is 5.82 Å². The van der Waals surface area contributed by atoms with Crippen LogP contribution in [0, 0.1) is 5.92 Å². The molecule has 1 aliphatic heterocycles. The standard InChI is InChI=1S/C11H18N4O2/c1-14-4-3-13-10(14)5-15(2)11(16)8-6-17-7-9(8)12/h3-4,8-9H,5-7,12H2,1-2H3. The fourth-order valence-corrected chi connectivity index (χ4v) is 1.95. The van der Waals surface area contributed by atoms with Crippen LogP contribution in [0.25, 0.3) is 0 Å². The minimum Gasteiger partial charge on any atom is -0.379 e. The molecule has 0 aliphatic carbocycles. The molecule has 0 aromatic carbocycles. The predicted molar refractivity (Wildman–Crippen MR) is 62.0 cm³/mol. The van der Waals surface area contributed by atoms with Crippen molar-refractivity contribution >= 4 is 5.91 Å². The molecule has 17 heavy (non-hydrogen) atoms. The van der Waals surface area contributed by atoms with Crippen molar-refractivity contribution in [1.29, 1.82) is 0 Å². The van der Waals surface area contributed by atoms with Gasteiger partial charge in [-0.3, -0.25) is 4.79 Å². The predicted octanol–water partition coefficient (Wildman–Crippen LogP) is -0.648. The Morgan fingerprint density at radius 2 is 2.47 bits per heavy atom. The first-order valence-electron chi connectivity index (χ1n) is 5.64. The van der Waals surface area contributed by atoms with Gasteiger partial charge in [0, 0.05) is 32.5 Å². The fourth-order valence-electron chi connectivity index (χ4n) is 1.95. The van der Waals surface area contributed by atoms with E-state index in [0.717, 1.165) is 5.82 Å². The van der Waals surface area contributed by atoms with Crippen LogP contribution in [0.4, 0.5) is 0 Å². The lowest BCUT2D eigenvalue weighted by Crippen LogP contribution is -2.41. The van der Waals surface area contributed by atoms with E-state index in [1.807, 2.05) is 17.8 Å². The van der Waals surface area contributed by atoms with E-state index in [1.165, 1.54) is 0 Å². The molecule has 94 valence electrons. The molecule has 2 atom stereocenters. The summed E-state index contributed by atoms with van der Waals surface area (Å²) >= 11 is 0. The first kappa shape index (κ1) is 12.1. The quantitative estimate of drug-likeness (QED) is 0.759. The van der Waals surface area contributed by atoms with Crippen LogP contribution < -0.4 is 5.73 Å². The first-order valence-corrected chi connectivity index (χ1v) is 5.64. The highest BCUT2D eigenvalue weighted by atomic mass is 16.5. The van der Waals surface area contributed by atoms with Crippen LogP contribution in [0.3, 0.4) is 0 Å². The molecule has 2 unspecified atom stereocenters. The number of aromatic nitrogens is 2. The Kier molecular flexibility index (Phi) is 3.44. The highest BCUT2D eigenvalue weighted by Gasteiger charge is 2.33. The highest BCUT2D eigenvalue weighted by molar-refractivity contribution is 5.79. The lowest BCUT2D eigenvalue weighted by atomic mass is 10.0. The summed E-state index contributed by atoms with van der Waals surface area (Å²) in [6.07, 6.45) is 3.58. The van der Waals surface area contributed by atoms with Gasteiger partial charge < -0.3 is 19.9 Å². The maximum atomic E-state index is 12.1. The third kappa shape index (κ3) is 2.48. The van der Waals surface area contributed by atoms with Crippen LogP contribution >= 0.6 is 0 Å². The lowest BCUT2D eigenvalue weighted by Gasteiger charge is -2.22. The summed E-state index contributed by atoms with van der Waals surface area (Å²) in [6, 6.07) is -0.189. The fraction of sp³-hybridized carbons (Fsp3) is 0.636. The van der Waals surface area contributed by atoms with Crippen LogP contribution in [-0.4, -0.2) is 46.7 Å². The third-order valence-electron chi connectivity index (χ3n) is 3.12. The Balaban J connectivity index is 1.98. The summed E-state index contributed by atoms with van der Waals surface area (Å²) in [4.78, 5) is 18.0. The van der Waals surface area contributed by atoms with Crippen LogP contribution in [0.5, 0.6) is 0 Å². The number of amides is 1. The minimum atomic E-state index is -0.222. The molecule has 6 heteroatoms. The van der Waals surface area contributed by atoms with E-state index in [1.54, 1.807) is 18.1 Å². The molecule has 0 saturated carbocycles. The Labute approximate surface area is 100 Å². The van der Waals surface area contributed by atoms with E-state index in [2.05, 4.69) is 4.98 Å². The zero-order chi connectivity index (χ0) is 12.4. The van der Waals surface area contributed by atoms with Crippen molar-refractivity contribution in [1.82, 2.24) is 14.5 Å². The number of carbonyl (C=O) groups is 1. The third-order valence-corrected chi connectivity index (χ3v) is 3.12. The number of nitrogens with two attached hydrogens (primary N) is 1. The first-order chi connectivity index (χ1) is 8.09. The average molecular weight is 238 g/mol. The Morgan fingerprint density at radius 3 is 3.00 bits per heavy atom. The van der Waals surface area contributed by atoms with E-state index in [9.17, 15) is 4.79 Å². The second-order valence-corrected chi connectivity index (χ2v) is 4.46. The number of hydrogen-bond acceptors (Lipinski definition) is 4. The van der Waals surface area contributed by atoms with Crippen molar-refractivity contribution in [3.05, 3.63) is 18.2 Å². The second kappa shape index (κ2) is 4.85. The molecule has 0 bridgehead atoms. The van der Waals surface area contributed by atoms with E-state index in [0.29, 0.717) is 19.8 Å². The van der Waals surface area contributed by atoms with E-state index in [-0.39, 0.29) is 17.9 Å². The molecule has 1 aliphatic rings. The van der Waals surface area contributed by atoms with Gasteiger partial charge in [0.25, 0.3) is 0 Å². The largest absolute Gasteiger partial charge is 0.379 e. The summed E-state index contributed by atoms with van der Waals surface area (Å²) in [7, 11) is 3.67. The summed E-state index contributed by atoms with van der Waals surface area (Å²) in [5, 5.41) is 0. The van der Waals surface area contributed by atoms with E-state index < -0.39 is 0 Å². The van der Waals surface area contributed by atoms with Gasteiger partial charge in [0.1, 0.15) is 5.82 Å². The topological polar surface area (TPSA) is 73.4 Å². The molecule has 2 rings (SSSR count). The molecule has 6 nitrogen and oxygen atoms in total. The monoisotopic (exact) mass is 238 g/mol. The molecular formula is C11H18N4O2. The van der Waals surface area contributed by atoms with Crippen molar-refractivity contribution in [3.63, 3.8) is 0 Å². The molecule has 1 saturated heterocycles. The minimum absolute atomic E-state index is 0.0259. The second-order valence-electron chi connectivity index (χ2n) is 4.46. The lowest BCUT2D eigenvalue weighted by molar-refractivity contribution is -0.135. The van der Waals surface area contributed by atoms with E-state index >= 15 is 0 Å². The number of rotatable bonds is 3. The zero-order valence-corrected chi connectivity index (χ0v) is 10.2. The van der Waals surface area contributed by atoms with Crippen molar-refractivity contribution < 1.29 is 9.53 Å². The smallest absolute Gasteiger partial charge is 0.229 e. The van der Waals surface area contributed by atoms with Gasteiger partial charge in [-0.2, -0.15) is 0 Å². The average Bonchev–Trinajstić information content (AvgIpc) is 2.88. The normalized spacial score (nSPS) is 23.9. The van der Waals surface area contributed by atoms with Gasteiger partial charge in [-0.05, 0) is 0 Å². The molecule has 0 radical (unpaired) electrons. The molecule has 1 fully saturated rings. The van der Waals surface area contributed by atoms with Gasteiger partial charge in [0.2, 0.25) is 5.91 Å². The molecule has 2 heterocycles. The molecular weight excluding hydrogens is 220 g/mol. The number of imidazole rings is 1. The SMILES string of the molecule is CN(Cc1nccn1C)C(=O)C1COCC1N. The Bertz CT molecular complexity index is 404. The van der Waals surface area contributed by atoms with E-state index in [4.69, 9.17) is 10.5 Å². The zero-order valence-electron chi connectivity index (χ0n) is 10.2. The molecule has 1 aromatic heterocycles. The molecule has 2 N–H and O–H groups in total. The number of ether oxygens (including phenoxy) is 1. The van der Waals surface area contributed by atoms with Crippen molar-refractivity contribution in [2.24, 2.45) is 18.7 Å². The van der Waals surface area contributed by atoms with Gasteiger partial charge in [0.15, 0.2) is 0 Å². The molecule has 1 amide bonds. The van der Waals surface area contributed by atoms with Crippen LogP contribution in [0.2, 0.25) is 0 Å². The number of nitrogens with zero attached hydrogens (tertiary/aromatic N) is 3. The summed E-state index contributed by atoms with van der Waals surface area (Å²) < 4.78 is 7.10. The maximum absolute atomic E-state index is 12.1. The van der Waals surface area contributed by atoms with Gasteiger partial charge in [0.05, 0.1) is 25.7 Å². The van der Waals surface area contributed by atoms with Gasteiger partial charge in [-0.1, -0.05) is 0 Å². The number of carbonyl (C=O) groups excluding carboxylic acids is 1. The van der Waals surface area contributed by atoms with Crippen molar-refractivity contribution in [2.45, 2.75) is 12.6 Å². The highest BCUT2D eigenvalue weighted by Crippen LogP contribution is 2.15. The van der Waals surface area contributed by atoms with Crippen LogP contribution in [-0.2, 0) is 23.1 Å². The van der Waals surface area contributed by atoms with Crippen LogP contribution in [0.15, 0.2) is 12.4 Å². The van der Waals surface area contributed by atoms with Gasteiger partial charge >= 0.3 is 0 Å². The Morgan fingerprint density at radius 1 is 1.71 bits per heavy atom. The van der Waals surface area contributed by atoms with Gasteiger partial charge in [-0.15, -0.1) is 0 Å². The number of aryl methyl sites for hydroxylation is 1. The summed E-state index contributed by atoms with van der Waals surface area (Å²) in [6.45, 7) is 1.38.